The lowest BCUT2D eigenvalue weighted by molar-refractivity contribution is -0.120. The maximum absolute atomic E-state index is 11.3. The molecule has 104 valence electrons. The molecule has 2 rings (SSSR count). The number of hydrogen-bond acceptors (Lipinski definition) is 4. The summed E-state index contributed by atoms with van der Waals surface area (Å²) in [6.45, 7) is 5.05. The van der Waals surface area contributed by atoms with Gasteiger partial charge in [-0.05, 0) is 37.9 Å². The third kappa shape index (κ3) is 4.12. The van der Waals surface area contributed by atoms with Crippen LogP contribution in [0.3, 0.4) is 0 Å². The van der Waals surface area contributed by atoms with E-state index in [1.54, 1.807) is 0 Å². The SMILES string of the molecule is Cl.NC(=O)NC(=O)CCN1CCC2CNCC2C1. The Hall–Kier alpha value is -0.850. The Labute approximate surface area is 113 Å². The van der Waals surface area contributed by atoms with Crippen LogP contribution in [-0.2, 0) is 4.79 Å². The summed E-state index contributed by atoms with van der Waals surface area (Å²) in [7, 11) is 0. The molecule has 2 saturated heterocycles. The molecule has 2 unspecified atom stereocenters. The van der Waals surface area contributed by atoms with Crippen LogP contribution in [0.5, 0.6) is 0 Å². The van der Waals surface area contributed by atoms with Crippen molar-refractivity contribution < 1.29 is 9.59 Å². The maximum atomic E-state index is 11.3. The van der Waals surface area contributed by atoms with Crippen molar-refractivity contribution >= 4 is 24.3 Å². The first-order valence-corrected chi connectivity index (χ1v) is 6.17. The first-order valence-electron chi connectivity index (χ1n) is 6.17. The number of amides is 3. The van der Waals surface area contributed by atoms with Crippen molar-refractivity contribution in [1.82, 2.24) is 15.5 Å². The molecular weight excluding hydrogens is 256 g/mol. The van der Waals surface area contributed by atoms with Gasteiger partial charge in [0.05, 0.1) is 0 Å². The summed E-state index contributed by atoms with van der Waals surface area (Å²) in [5.74, 6) is 1.25. The molecule has 18 heavy (non-hydrogen) atoms. The molecule has 0 saturated carbocycles. The molecule has 6 nitrogen and oxygen atoms in total. The van der Waals surface area contributed by atoms with E-state index < -0.39 is 6.03 Å². The summed E-state index contributed by atoms with van der Waals surface area (Å²) in [5.41, 5.74) is 4.88. The number of nitrogens with zero attached hydrogens (tertiary/aromatic N) is 1. The van der Waals surface area contributed by atoms with Crippen LogP contribution in [0.15, 0.2) is 0 Å². The number of halogens is 1. The van der Waals surface area contributed by atoms with Crippen LogP contribution >= 0.6 is 12.4 Å². The molecule has 2 heterocycles. The van der Waals surface area contributed by atoms with Crippen LogP contribution in [-0.4, -0.2) is 49.6 Å². The van der Waals surface area contributed by atoms with E-state index in [0.29, 0.717) is 13.0 Å². The fourth-order valence-corrected chi connectivity index (χ4v) is 2.77. The van der Waals surface area contributed by atoms with E-state index in [-0.39, 0.29) is 18.3 Å². The predicted octanol–water partition coefficient (Wildman–Crippen LogP) is -0.465. The lowest BCUT2D eigenvalue weighted by Crippen LogP contribution is -2.42. The zero-order valence-electron chi connectivity index (χ0n) is 10.4. The number of fused-ring (bicyclic) bond motifs is 1. The normalized spacial score (nSPS) is 27.1. The molecule has 0 radical (unpaired) electrons. The molecule has 0 aliphatic carbocycles. The van der Waals surface area contributed by atoms with Crippen molar-refractivity contribution in [2.24, 2.45) is 17.6 Å². The Balaban J connectivity index is 0.00000162. The van der Waals surface area contributed by atoms with Crippen LogP contribution in [0.1, 0.15) is 12.8 Å². The Morgan fingerprint density at radius 1 is 1.33 bits per heavy atom. The summed E-state index contributed by atoms with van der Waals surface area (Å²) in [5, 5.41) is 5.50. The van der Waals surface area contributed by atoms with Gasteiger partial charge in [-0.1, -0.05) is 0 Å². The fourth-order valence-electron chi connectivity index (χ4n) is 2.77. The smallest absolute Gasteiger partial charge is 0.318 e. The van der Waals surface area contributed by atoms with E-state index in [2.05, 4.69) is 15.5 Å². The Morgan fingerprint density at radius 3 is 2.78 bits per heavy atom. The van der Waals surface area contributed by atoms with Gasteiger partial charge in [-0.2, -0.15) is 0 Å². The number of carbonyl (C=O) groups is 2. The highest BCUT2D eigenvalue weighted by molar-refractivity contribution is 5.93. The summed E-state index contributed by atoms with van der Waals surface area (Å²) in [6, 6.07) is -0.770. The monoisotopic (exact) mass is 276 g/mol. The van der Waals surface area contributed by atoms with E-state index in [1.807, 2.05) is 0 Å². The van der Waals surface area contributed by atoms with Crippen molar-refractivity contribution in [2.45, 2.75) is 12.8 Å². The Bertz CT molecular complexity index is 313. The average Bonchev–Trinajstić information content (AvgIpc) is 2.72. The van der Waals surface area contributed by atoms with Crippen molar-refractivity contribution in [3.05, 3.63) is 0 Å². The van der Waals surface area contributed by atoms with E-state index >= 15 is 0 Å². The first-order chi connectivity index (χ1) is 8.15. The Morgan fingerprint density at radius 2 is 2.06 bits per heavy atom. The first kappa shape index (κ1) is 15.2. The zero-order valence-corrected chi connectivity index (χ0v) is 11.2. The number of rotatable bonds is 3. The van der Waals surface area contributed by atoms with Gasteiger partial charge in [0.25, 0.3) is 0 Å². The number of likely N-dealkylation sites (tertiary alicyclic amines) is 1. The molecule has 2 aliphatic rings. The molecule has 0 aromatic heterocycles. The number of urea groups is 1. The number of piperidine rings is 1. The highest BCUT2D eigenvalue weighted by atomic mass is 35.5. The molecule has 2 aliphatic heterocycles. The van der Waals surface area contributed by atoms with Gasteiger partial charge in [-0.25, -0.2) is 4.79 Å². The van der Waals surface area contributed by atoms with Crippen LogP contribution in [0, 0.1) is 11.8 Å². The summed E-state index contributed by atoms with van der Waals surface area (Å²) in [4.78, 5) is 24.1. The van der Waals surface area contributed by atoms with Gasteiger partial charge in [-0.15, -0.1) is 12.4 Å². The van der Waals surface area contributed by atoms with Crippen LogP contribution in [0.2, 0.25) is 0 Å². The van der Waals surface area contributed by atoms with Crippen molar-refractivity contribution in [1.29, 1.82) is 0 Å². The number of hydrogen-bond donors (Lipinski definition) is 3. The molecule has 0 spiro atoms. The number of imide groups is 1. The third-order valence-electron chi connectivity index (χ3n) is 3.71. The third-order valence-corrected chi connectivity index (χ3v) is 3.71. The molecule has 2 atom stereocenters. The minimum Gasteiger partial charge on any atom is -0.351 e. The van der Waals surface area contributed by atoms with Crippen molar-refractivity contribution in [3.8, 4) is 0 Å². The van der Waals surface area contributed by atoms with E-state index in [1.165, 1.54) is 6.42 Å². The van der Waals surface area contributed by atoms with Gasteiger partial charge in [0.15, 0.2) is 0 Å². The number of nitrogens with two attached hydrogens (primary N) is 1. The molecule has 0 bridgehead atoms. The second-order valence-electron chi connectivity index (χ2n) is 4.93. The topological polar surface area (TPSA) is 87.5 Å². The number of primary amides is 1. The lowest BCUT2D eigenvalue weighted by Gasteiger charge is -2.34. The van der Waals surface area contributed by atoms with Gasteiger partial charge in [0.2, 0.25) is 5.91 Å². The van der Waals surface area contributed by atoms with Gasteiger partial charge < -0.3 is 16.0 Å². The highest BCUT2D eigenvalue weighted by Gasteiger charge is 2.32. The number of carbonyl (C=O) groups excluding carboxylic acids is 2. The largest absolute Gasteiger partial charge is 0.351 e. The van der Waals surface area contributed by atoms with E-state index in [0.717, 1.165) is 38.0 Å². The molecule has 2 fully saturated rings. The molecule has 3 amide bonds. The van der Waals surface area contributed by atoms with Crippen LogP contribution in [0.4, 0.5) is 4.79 Å². The molecular formula is C11H21ClN4O2. The summed E-state index contributed by atoms with van der Waals surface area (Å²) < 4.78 is 0. The zero-order chi connectivity index (χ0) is 12.3. The van der Waals surface area contributed by atoms with Gasteiger partial charge >= 0.3 is 6.03 Å². The standard InChI is InChI=1S/C11H20N4O2.ClH/c12-11(17)14-10(16)2-4-15-3-1-8-5-13-6-9(8)7-15;/h8-9,13H,1-7H2,(H3,12,14,16,17);1H. The second kappa shape index (κ2) is 6.92. The summed E-state index contributed by atoms with van der Waals surface area (Å²) in [6.07, 6.45) is 1.54. The van der Waals surface area contributed by atoms with Crippen molar-refractivity contribution in [3.63, 3.8) is 0 Å². The predicted molar refractivity (Wildman–Crippen MR) is 70.5 cm³/mol. The van der Waals surface area contributed by atoms with Crippen molar-refractivity contribution in [2.75, 3.05) is 32.7 Å². The minimum absolute atomic E-state index is 0. The molecule has 0 aromatic carbocycles. The lowest BCUT2D eigenvalue weighted by atomic mass is 9.89. The van der Waals surface area contributed by atoms with Gasteiger partial charge in [0, 0.05) is 19.5 Å². The molecule has 4 N–H and O–H groups in total. The van der Waals surface area contributed by atoms with Crippen LogP contribution < -0.4 is 16.4 Å². The highest BCUT2D eigenvalue weighted by Crippen LogP contribution is 2.26. The molecule has 0 aromatic rings. The van der Waals surface area contributed by atoms with Crippen LogP contribution in [0.25, 0.3) is 0 Å². The summed E-state index contributed by atoms with van der Waals surface area (Å²) >= 11 is 0. The Kier molecular flexibility index (Phi) is 5.84. The fraction of sp³-hybridized carbons (Fsp3) is 0.818. The van der Waals surface area contributed by atoms with Gasteiger partial charge in [0.1, 0.15) is 0 Å². The number of nitrogens with one attached hydrogen (secondary N) is 2. The maximum Gasteiger partial charge on any atom is 0.318 e. The quantitative estimate of drug-likeness (QED) is 0.651. The van der Waals surface area contributed by atoms with E-state index in [9.17, 15) is 9.59 Å². The van der Waals surface area contributed by atoms with E-state index in [4.69, 9.17) is 5.73 Å². The average molecular weight is 277 g/mol. The minimum atomic E-state index is -0.770. The molecule has 7 heteroatoms. The second-order valence-corrected chi connectivity index (χ2v) is 4.93. The van der Waals surface area contributed by atoms with Gasteiger partial charge in [-0.3, -0.25) is 10.1 Å².